The van der Waals surface area contributed by atoms with Crippen molar-refractivity contribution >= 4 is 23.4 Å². The van der Waals surface area contributed by atoms with Crippen molar-refractivity contribution in [2.75, 3.05) is 35.8 Å². The maximum absolute atomic E-state index is 12.5. The Morgan fingerprint density at radius 1 is 1.26 bits per heavy atom. The van der Waals surface area contributed by atoms with Gasteiger partial charge >= 0.3 is 0 Å². The van der Waals surface area contributed by atoms with Crippen molar-refractivity contribution in [3.63, 3.8) is 0 Å². The number of carbonyl (C=O) groups is 1. The Bertz CT molecular complexity index is 1110. The molecule has 0 aliphatic carbocycles. The number of methoxy groups -OCH3 is 1. The summed E-state index contributed by atoms with van der Waals surface area (Å²) < 4.78 is 7.18. The van der Waals surface area contributed by atoms with Gasteiger partial charge in [0.05, 0.1) is 26.0 Å². The van der Waals surface area contributed by atoms with Gasteiger partial charge in [-0.25, -0.2) is 4.98 Å². The minimum atomic E-state index is -0.102. The second kappa shape index (κ2) is 7.90. The first-order chi connectivity index (χ1) is 15.1. The number of ether oxygens (including phenoxy) is 1. The number of rotatable bonds is 6. The Morgan fingerprint density at radius 2 is 2.16 bits per heavy atom. The first-order valence-corrected chi connectivity index (χ1v) is 10.4. The molecule has 0 radical (unpaired) electrons. The Morgan fingerprint density at radius 3 is 3.03 bits per heavy atom. The van der Waals surface area contributed by atoms with Crippen molar-refractivity contribution in [1.82, 2.24) is 19.7 Å². The molecule has 9 nitrogen and oxygen atoms in total. The molecule has 4 heterocycles. The third-order valence-electron chi connectivity index (χ3n) is 5.87. The first kappa shape index (κ1) is 19.3. The summed E-state index contributed by atoms with van der Waals surface area (Å²) in [5, 5.41) is 7.74. The number of hydrogen-bond acceptors (Lipinski definition) is 7. The number of aromatic nitrogens is 4. The number of nitrogens with zero attached hydrogens (tertiary/aromatic N) is 6. The number of nitrogens with one attached hydrogen (secondary N) is 1. The van der Waals surface area contributed by atoms with E-state index in [0.29, 0.717) is 19.0 Å². The second-order valence-electron chi connectivity index (χ2n) is 7.90. The highest BCUT2D eigenvalue weighted by Gasteiger charge is 2.40. The van der Waals surface area contributed by atoms with Crippen molar-refractivity contribution in [3.8, 4) is 5.75 Å². The summed E-state index contributed by atoms with van der Waals surface area (Å²) in [5.41, 5.74) is 2.93. The summed E-state index contributed by atoms with van der Waals surface area (Å²) in [6.45, 7) is 2.09. The minimum absolute atomic E-state index is 0.102. The summed E-state index contributed by atoms with van der Waals surface area (Å²) in [5.74, 6) is 2.34. The van der Waals surface area contributed by atoms with Crippen LogP contribution in [0.4, 0.5) is 17.5 Å². The zero-order valence-corrected chi connectivity index (χ0v) is 17.7. The predicted octanol–water partition coefficient (Wildman–Crippen LogP) is 2.29. The van der Waals surface area contributed by atoms with Crippen LogP contribution in [0.25, 0.3) is 0 Å². The predicted molar refractivity (Wildman–Crippen MR) is 117 cm³/mol. The molecule has 2 aromatic heterocycles. The average molecular weight is 419 g/mol. The van der Waals surface area contributed by atoms with Crippen LogP contribution in [0.2, 0.25) is 0 Å². The topological polar surface area (TPSA) is 88.4 Å². The molecule has 160 valence electrons. The fourth-order valence-electron chi connectivity index (χ4n) is 4.24. The number of hydrogen-bond donors (Lipinski definition) is 1. The summed E-state index contributed by atoms with van der Waals surface area (Å²) in [7, 11) is 3.46. The van der Waals surface area contributed by atoms with Crippen LogP contribution in [0.15, 0.2) is 42.9 Å². The van der Waals surface area contributed by atoms with Crippen molar-refractivity contribution in [1.29, 1.82) is 0 Å². The lowest BCUT2D eigenvalue weighted by Crippen LogP contribution is -2.49. The maximum atomic E-state index is 12.5. The van der Waals surface area contributed by atoms with Gasteiger partial charge in [0.15, 0.2) is 5.82 Å². The average Bonchev–Trinajstić information content (AvgIpc) is 3.46. The highest BCUT2D eigenvalue weighted by molar-refractivity contribution is 6.04. The zero-order valence-electron chi connectivity index (χ0n) is 17.7. The molecule has 2 aliphatic rings. The van der Waals surface area contributed by atoms with E-state index in [-0.39, 0.29) is 11.9 Å². The molecule has 5 rings (SSSR count). The smallest absolute Gasteiger partial charge is 0.249 e. The van der Waals surface area contributed by atoms with E-state index < -0.39 is 0 Å². The first-order valence-electron chi connectivity index (χ1n) is 10.4. The number of likely N-dealkylation sites (N-methyl/N-ethyl adjacent to an activating group) is 1. The molecule has 31 heavy (non-hydrogen) atoms. The molecule has 0 unspecified atom stereocenters. The number of fused-ring (bicyclic) bond motifs is 3. The Balaban J connectivity index is 1.27. The highest BCUT2D eigenvalue weighted by Crippen LogP contribution is 2.37. The molecule has 2 aliphatic heterocycles. The highest BCUT2D eigenvalue weighted by atomic mass is 16.5. The molecule has 0 bridgehead atoms. The fraction of sp³-hybridized carbons (Fsp3) is 0.364. The zero-order chi connectivity index (χ0) is 21.4. The number of anilines is 3. The lowest BCUT2D eigenvalue weighted by atomic mass is 10.1. The van der Waals surface area contributed by atoms with E-state index in [1.165, 1.54) is 0 Å². The molecular weight excluding hydrogens is 394 g/mol. The molecule has 1 N–H and O–H groups in total. The molecule has 1 amide bonds. The number of carbonyl (C=O) groups excluding carboxylic acids is 1. The summed E-state index contributed by atoms with van der Waals surface area (Å²) >= 11 is 0. The monoisotopic (exact) mass is 419 g/mol. The van der Waals surface area contributed by atoms with Crippen molar-refractivity contribution in [3.05, 3.63) is 54.0 Å². The van der Waals surface area contributed by atoms with Crippen LogP contribution in [-0.2, 0) is 17.9 Å². The van der Waals surface area contributed by atoms with Crippen LogP contribution >= 0.6 is 0 Å². The fourth-order valence-corrected chi connectivity index (χ4v) is 4.24. The van der Waals surface area contributed by atoms with Crippen LogP contribution in [0.3, 0.4) is 0 Å². The van der Waals surface area contributed by atoms with Gasteiger partial charge in [0, 0.05) is 31.9 Å². The van der Waals surface area contributed by atoms with Crippen molar-refractivity contribution in [2.45, 2.75) is 32.0 Å². The Hall–Kier alpha value is -3.62. The van der Waals surface area contributed by atoms with E-state index in [0.717, 1.165) is 47.8 Å². The van der Waals surface area contributed by atoms with Gasteiger partial charge < -0.3 is 19.9 Å². The van der Waals surface area contributed by atoms with E-state index in [9.17, 15) is 4.79 Å². The van der Waals surface area contributed by atoms with Crippen LogP contribution in [0, 0.1) is 0 Å². The number of amides is 1. The van der Waals surface area contributed by atoms with Crippen LogP contribution in [0.5, 0.6) is 5.75 Å². The van der Waals surface area contributed by atoms with E-state index >= 15 is 0 Å². The Kier molecular flexibility index (Phi) is 4.93. The summed E-state index contributed by atoms with van der Waals surface area (Å²) in [4.78, 5) is 25.4. The van der Waals surface area contributed by atoms with Gasteiger partial charge in [0.1, 0.15) is 17.5 Å². The molecule has 3 aromatic rings. The second-order valence-corrected chi connectivity index (χ2v) is 7.90. The quantitative estimate of drug-likeness (QED) is 0.656. The molecule has 9 heteroatoms. The van der Waals surface area contributed by atoms with Gasteiger partial charge in [-0.1, -0.05) is 12.1 Å². The molecule has 1 saturated heterocycles. The third kappa shape index (κ3) is 3.67. The van der Waals surface area contributed by atoms with Gasteiger partial charge in [-0.3, -0.25) is 9.48 Å². The van der Waals surface area contributed by atoms with Gasteiger partial charge in [-0.2, -0.15) is 10.1 Å². The van der Waals surface area contributed by atoms with E-state index in [4.69, 9.17) is 9.72 Å². The van der Waals surface area contributed by atoms with Crippen LogP contribution < -0.4 is 19.9 Å². The number of benzene rings is 1. The van der Waals surface area contributed by atoms with E-state index in [1.54, 1.807) is 25.3 Å². The standard InChI is InChI=1S/C22H25N7O2/c1-27-19-12-24-22(26-20(19)29-8-4-7-18(29)21(27)30)23-10-16-11-25-28(14-16)13-15-5-3-6-17(9-15)31-2/h3,5-6,9,11-12,14,18H,4,7-8,10,13H2,1-2H3,(H,23,24,26)/t18-/m0/s1. The normalized spacial score (nSPS) is 17.5. The minimum Gasteiger partial charge on any atom is -0.497 e. The maximum Gasteiger partial charge on any atom is 0.249 e. The molecular formula is C22H25N7O2. The Labute approximate surface area is 180 Å². The molecule has 1 atom stereocenters. The lowest BCUT2D eigenvalue weighted by Gasteiger charge is -2.36. The molecule has 0 spiro atoms. The van der Waals surface area contributed by atoms with Gasteiger partial charge in [0.25, 0.3) is 0 Å². The largest absolute Gasteiger partial charge is 0.497 e. The molecule has 1 fully saturated rings. The van der Waals surface area contributed by atoms with E-state index in [2.05, 4.69) is 26.4 Å². The van der Waals surface area contributed by atoms with E-state index in [1.807, 2.05) is 35.3 Å². The molecule has 1 aromatic carbocycles. The van der Waals surface area contributed by atoms with Gasteiger partial charge in [-0.15, -0.1) is 0 Å². The summed E-state index contributed by atoms with van der Waals surface area (Å²) in [6.07, 6.45) is 7.45. The third-order valence-corrected chi connectivity index (χ3v) is 5.87. The van der Waals surface area contributed by atoms with Gasteiger partial charge in [0.2, 0.25) is 11.9 Å². The van der Waals surface area contributed by atoms with Crippen LogP contribution in [-0.4, -0.2) is 52.4 Å². The molecule has 0 saturated carbocycles. The van der Waals surface area contributed by atoms with Crippen LogP contribution in [0.1, 0.15) is 24.0 Å². The van der Waals surface area contributed by atoms with Crippen molar-refractivity contribution < 1.29 is 9.53 Å². The van der Waals surface area contributed by atoms with Crippen molar-refractivity contribution in [2.24, 2.45) is 0 Å². The summed E-state index contributed by atoms with van der Waals surface area (Å²) in [6, 6.07) is 7.86. The lowest BCUT2D eigenvalue weighted by molar-refractivity contribution is -0.119. The SMILES string of the molecule is COc1cccc(Cn2cc(CNc3ncc4c(n3)N3CCC[C@H]3C(=O)N4C)cn2)c1. The van der Waals surface area contributed by atoms with Gasteiger partial charge in [-0.05, 0) is 30.5 Å².